The van der Waals surface area contributed by atoms with Gasteiger partial charge in [0.15, 0.2) is 0 Å². The van der Waals surface area contributed by atoms with E-state index in [4.69, 9.17) is 0 Å². The predicted molar refractivity (Wildman–Crippen MR) is 66.2 cm³/mol. The fraction of sp³-hybridized carbons (Fsp3) is 0.231. The van der Waals surface area contributed by atoms with Gasteiger partial charge in [0, 0.05) is 5.56 Å². The Labute approximate surface area is 100 Å². The monoisotopic (exact) mass is 229 g/mol. The van der Waals surface area contributed by atoms with Gasteiger partial charge >= 0.3 is 0 Å². The second-order valence-electron chi connectivity index (χ2n) is 4.02. The largest absolute Gasteiger partial charge is 0.390 e. The molecule has 1 aromatic carbocycles. The zero-order valence-electron chi connectivity index (χ0n) is 9.80. The molecule has 1 aromatic heterocycles. The van der Waals surface area contributed by atoms with Crippen LogP contribution in [0, 0.1) is 0 Å². The van der Waals surface area contributed by atoms with Gasteiger partial charge in [-0.3, -0.25) is 0 Å². The first kappa shape index (κ1) is 11.5. The predicted octanol–water partition coefficient (Wildman–Crippen LogP) is 2.01. The molecule has 0 radical (unpaired) electrons. The normalized spacial score (nSPS) is 10.5. The first-order chi connectivity index (χ1) is 8.22. The van der Waals surface area contributed by atoms with Gasteiger partial charge in [-0.05, 0) is 6.92 Å². The van der Waals surface area contributed by atoms with Crippen LogP contribution in [-0.4, -0.2) is 20.1 Å². The van der Waals surface area contributed by atoms with E-state index in [0.717, 1.165) is 16.8 Å². The Bertz CT molecular complexity index is 517. The van der Waals surface area contributed by atoms with Crippen molar-refractivity contribution in [3.05, 3.63) is 48.2 Å². The Hall–Kier alpha value is -1.94. The molecule has 0 unspecified atom stereocenters. The minimum absolute atomic E-state index is 0.111. The van der Waals surface area contributed by atoms with E-state index in [1.165, 1.54) is 0 Å². The first-order valence-electron chi connectivity index (χ1n) is 5.45. The molecule has 0 aliphatic carbocycles. The molecule has 17 heavy (non-hydrogen) atoms. The molecular weight excluding hydrogens is 214 g/mol. The van der Waals surface area contributed by atoms with Crippen molar-refractivity contribution in [1.29, 1.82) is 0 Å². The molecule has 0 saturated carbocycles. The summed E-state index contributed by atoms with van der Waals surface area (Å²) in [6.07, 6.45) is 0. The lowest BCUT2D eigenvalue weighted by molar-refractivity contribution is 0.277. The lowest BCUT2D eigenvalue weighted by atomic mass is 10.1. The van der Waals surface area contributed by atoms with E-state index in [2.05, 4.69) is 16.9 Å². The van der Waals surface area contributed by atoms with Crippen LogP contribution in [0.15, 0.2) is 42.5 Å². The molecule has 1 heterocycles. The SMILES string of the molecule is C=C(C)Cn1nnc(CO)c1-c1ccccc1. The van der Waals surface area contributed by atoms with E-state index in [1.54, 1.807) is 4.68 Å². The van der Waals surface area contributed by atoms with Crippen LogP contribution in [0.3, 0.4) is 0 Å². The van der Waals surface area contributed by atoms with Gasteiger partial charge in [-0.1, -0.05) is 47.7 Å². The Morgan fingerprint density at radius 2 is 2.06 bits per heavy atom. The lowest BCUT2D eigenvalue weighted by Gasteiger charge is -2.07. The van der Waals surface area contributed by atoms with Crippen LogP contribution >= 0.6 is 0 Å². The highest BCUT2D eigenvalue weighted by atomic mass is 16.3. The van der Waals surface area contributed by atoms with Crippen LogP contribution in [0.4, 0.5) is 0 Å². The van der Waals surface area contributed by atoms with Gasteiger partial charge in [-0.2, -0.15) is 0 Å². The van der Waals surface area contributed by atoms with Crippen LogP contribution in [-0.2, 0) is 13.2 Å². The van der Waals surface area contributed by atoms with E-state index in [0.29, 0.717) is 12.2 Å². The molecule has 4 heteroatoms. The van der Waals surface area contributed by atoms with Gasteiger partial charge in [0.05, 0.1) is 18.8 Å². The second kappa shape index (κ2) is 4.93. The lowest BCUT2D eigenvalue weighted by Crippen LogP contribution is -2.03. The smallest absolute Gasteiger partial charge is 0.116 e. The summed E-state index contributed by atoms with van der Waals surface area (Å²) in [6.45, 7) is 6.31. The summed E-state index contributed by atoms with van der Waals surface area (Å²) in [7, 11) is 0. The van der Waals surface area contributed by atoms with Crippen LogP contribution in [0.5, 0.6) is 0 Å². The Balaban J connectivity index is 2.49. The molecule has 2 rings (SSSR count). The Morgan fingerprint density at radius 3 is 2.65 bits per heavy atom. The zero-order valence-corrected chi connectivity index (χ0v) is 9.80. The average molecular weight is 229 g/mol. The number of hydrogen-bond acceptors (Lipinski definition) is 3. The van der Waals surface area contributed by atoms with Crippen LogP contribution in [0.25, 0.3) is 11.3 Å². The number of aromatic nitrogens is 3. The summed E-state index contributed by atoms with van der Waals surface area (Å²) in [5.41, 5.74) is 3.45. The van der Waals surface area contributed by atoms with Crippen molar-refractivity contribution in [2.24, 2.45) is 0 Å². The standard InChI is InChI=1S/C13H15N3O/c1-10(2)8-16-13(12(9-17)14-15-16)11-6-4-3-5-7-11/h3-7,17H,1,8-9H2,2H3. The zero-order chi connectivity index (χ0) is 12.3. The van der Waals surface area contributed by atoms with Crippen LogP contribution < -0.4 is 0 Å². The van der Waals surface area contributed by atoms with Gasteiger partial charge in [0.25, 0.3) is 0 Å². The highest BCUT2D eigenvalue weighted by molar-refractivity contribution is 5.61. The molecule has 0 amide bonds. The summed E-state index contributed by atoms with van der Waals surface area (Å²) in [5, 5.41) is 17.3. The topological polar surface area (TPSA) is 50.9 Å². The fourth-order valence-electron chi connectivity index (χ4n) is 1.73. The molecule has 0 spiro atoms. The Kier molecular flexibility index (Phi) is 3.35. The maximum atomic E-state index is 9.29. The summed E-state index contributed by atoms with van der Waals surface area (Å²) >= 11 is 0. The van der Waals surface area contributed by atoms with Crippen molar-refractivity contribution in [3.63, 3.8) is 0 Å². The van der Waals surface area contributed by atoms with Gasteiger partial charge in [0.2, 0.25) is 0 Å². The van der Waals surface area contributed by atoms with E-state index in [-0.39, 0.29) is 6.61 Å². The minimum atomic E-state index is -0.111. The summed E-state index contributed by atoms with van der Waals surface area (Å²) < 4.78 is 1.77. The molecule has 0 fully saturated rings. The average Bonchev–Trinajstić information content (AvgIpc) is 2.72. The summed E-state index contributed by atoms with van der Waals surface area (Å²) in [6, 6.07) is 9.82. The third-order valence-corrected chi connectivity index (χ3v) is 2.42. The van der Waals surface area contributed by atoms with Crippen molar-refractivity contribution in [1.82, 2.24) is 15.0 Å². The third-order valence-electron chi connectivity index (χ3n) is 2.42. The molecule has 88 valence electrons. The van der Waals surface area contributed by atoms with Gasteiger partial charge in [0.1, 0.15) is 5.69 Å². The van der Waals surface area contributed by atoms with E-state index < -0.39 is 0 Å². The highest BCUT2D eigenvalue weighted by Gasteiger charge is 2.13. The fourth-order valence-corrected chi connectivity index (χ4v) is 1.73. The molecule has 4 nitrogen and oxygen atoms in total. The van der Waals surface area contributed by atoms with Crippen molar-refractivity contribution in [2.75, 3.05) is 0 Å². The van der Waals surface area contributed by atoms with Gasteiger partial charge in [-0.25, -0.2) is 4.68 Å². The maximum Gasteiger partial charge on any atom is 0.116 e. The van der Waals surface area contributed by atoms with Gasteiger partial charge < -0.3 is 5.11 Å². The van der Waals surface area contributed by atoms with Crippen molar-refractivity contribution in [2.45, 2.75) is 20.1 Å². The first-order valence-corrected chi connectivity index (χ1v) is 5.45. The molecule has 0 aliphatic heterocycles. The van der Waals surface area contributed by atoms with E-state index in [9.17, 15) is 5.11 Å². The minimum Gasteiger partial charge on any atom is -0.390 e. The Morgan fingerprint density at radius 1 is 1.35 bits per heavy atom. The number of nitrogens with zero attached hydrogens (tertiary/aromatic N) is 3. The molecule has 0 saturated heterocycles. The third kappa shape index (κ3) is 2.42. The highest BCUT2D eigenvalue weighted by Crippen LogP contribution is 2.22. The molecule has 0 atom stereocenters. The van der Waals surface area contributed by atoms with E-state index >= 15 is 0 Å². The van der Waals surface area contributed by atoms with Crippen molar-refractivity contribution >= 4 is 0 Å². The number of rotatable bonds is 4. The van der Waals surface area contributed by atoms with Crippen molar-refractivity contribution in [3.8, 4) is 11.3 Å². The summed E-state index contributed by atoms with van der Waals surface area (Å²) in [5.74, 6) is 0. The number of hydrogen-bond donors (Lipinski definition) is 1. The molecular formula is C13H15N3O. The second-order valence-corrected chi connectivity index (χ2v) is 4.02. The molecule has 0 bridgehead atoms. The van der Waals surface area contributed by atoms with E-state index in [1.807, 2.05) is 37.3 Å². The van der Waals surface area contributed by atoms with Crippen LogP contribution in [0.1, 0.15) is 12.6 Å². The number of allylic oxidation sites excluding steroid dienone is 1. The molecule has 1 N–H and O–H groups in total. The van der Waals surface area contributed by atoms with Gasteiger partial charge in [-0.15, -0.1) is 5.10 Å². The maximum absolute atomic E-state index is 9.29. The number of benzene rings is 1. The molecule has 0 aliphatic rings. The molecule has 2 aromatic rings. The van der Waals surface area contributed by atoms with Crippen LogP contribution in [0.2, 0.25) is 0 Å². The number of aliphatic hydroxyl groups is 1. The quantitative estimate of drug-likeness (QED) is 0.816. The summed E-state index contributed by atoms with van der Waals surface area (Å²) in [4.78, 5) is 0. The van der Waals surface area contributed by atoms with Crippen molar-refractivity contribution < 1.29 is 5.11 Å². The number of aliphatic hydroxyl groups excluding tert-OH is 1.